The number of Topliss-reactive ketones (excluding diaryl/α,β-unsaturated/α-hetero) is 1. The molecule has 17 heavy (non-hydrogen) atoms. The van der Waals surface area contributed by atoms with Gasteiger partial charge in [0.2, 0.25) is 0 Å². The summed E-state index contributed by atoms with van der Waals surface area (Å²) in [7, 11) is 0. The molecular formula is C14H20FNO. The minimum Gasteiger partial charge on any atom is -0.315 e. The maximum atomic E-state index is 12.8. The van der Waals surface area contributed by atoms with Gasteiger partial charge in [-0.1, -0.05) is 26.0 Å². The van der Waals surface area contributed by atoms with Crippen LogP contribution in [-0.4, -0.2) is 18.9 Å². The Hall–Kier alpha value is -1.22. The Morgan fingerprint density at radius 2 is 1.88 bits per heavy atom. The lowest BCUT2D eigenvalue weighted by atomic mass is 9.84. The molecule has 1 aromatic carbocycles. The molecule has 94 valence electrons. The van der Waals surface area contributed by atoms with E-state index in [-0.39, 0.29) is 17.0 Å². The minimum absolute atomic E-state index is 0.0650. The van der Waals surface area contributed by atoms with Crippen molar-refractivity contribution in [2.75, 3.05) is 13.1 Å². The van der Waals surface area contributed by atoms with Crippen molar-refractivity contribution in [1.29, 1.82) is 0 Å². The molecule has 0 aromatic heterocycles. The van der Waals surface area contributed by atoms with Crippen LogP contribution in [0, 0.1) is 5.82 Å². The molecule has 0 atom stereocenters. The molecule has 1 rings (SSSR count). The smallest absolute Gasteiger partial charge is 0.131 e. The number of carbonyl (C=O) groups is 1. The molecule has 2 nitrogen and oxygen atoms in total. The van der Waals surface area contributed by atoms with Crippen molar-refractivity contribution >= 4 is 5.78 Å². The molecule has 0 unspecified atom stereocenters. The van der Waals surface area contributed by atoms with Crippen molar-refractivity contribution in [3.63, 3.8) is 0 Å². The van der Waals surface area contributed by atoms with E-state index in [9.17, 15) is 9.18 Å². The normalized spacial score (nSPS) is 11.5. The van der Waals surface area contributed by atoms with E-state index in [0.29, 0.717) is 13.0 Å². The number of carbonyl (C=O) groups excluding carboxylic acids is 1. The number of benzene rings is 1. The first-order valence-electron chi connectivity index (χ1n) is 5.88. The van der Waals surface area contributed by atoms with Crippen LogP contribution in [-0.2, 0) is 10.2 Å². The van der Waals surface area contributed by atoms with Gasteiger partial charge in [0.15, 0.2) is 0 Å². The highest BCUT2D eigenvalue weighted by molar-refractivity contribution is 5.75. The molecule has 1 aromatic rings. The number of nitrogens with one attached hydrogen (secondary N) is 1. The lowest BCUT2D eigenvalue weighted by molar-refractivity contribution is -0.116. The highest BCUT2D eigenvalue weighted by atomic mass is 19.1. The molecular weight excluding hydrogens is 217 g/mol. The highest BCUT2D eigenvalue weighted by Crippen LogP contribution is 2.22. The van der Waals surface area contributed by atoms with Crippen molar-refractivity contribution in [2.45, 2.75) is 32.6 Å². The summed E-state index contributed by atoms with van der Waals surface area (Å²) in [5.41, 5.74) is 1.03. The summed E-state index contributed by atoms with van der Waals surface area (Å²) >= 11 is 0. The number of hydrogen-bond donors (Lipinski definition) is 1. The van der Waals surface area contributed by atoms with Crippen LogP contribution in [0.3, 0.4) is 0 Å². The van der Waals surface area contributed by atoms with E-state index in [4.69, 9.17) is 0 Å². The minimum atomic E-state index is -0.214. The van der Waals surface area contributed by atoms with Crippen molar-refractivity contribution < 1.29 is 9.18 Å². The quantitative estimate of drug-likeness (QED) is 0.771. The van der Waals surface area contributed by atoms with Crippen molar-refractivity contribution in [3.8, 4) is 0 Å². The van der Waals surface area contributed by atoms with Crippen LogP contribution in [0.5, 0.6) is 0 Å². The molecule has 3 heteroatoms. The summed E-state index contributed by atoms with van der Waals surface area (Å²) in [6.45, 7) is 7.25. The van der Waals surface area contributed by atoms with Gasteiger partial charge in [-0.25, -0.2) is 4.39 Å². The predicted octanol–water partition coefficient (Wildman–Crippen LogP) is 2.67. The molecule has 0 aliphatic heterocycles. The van der Waals surface area contributed by atoms with Crippen LogP contribution in [0.4, 0.5) is 4.39 Å². The fourth-order valence-electron chi connectivity index (χ4n) is 1.67. The van der Waals surface area contributed by atoms with E-state index in [1.54, 1.807) is 6.92 Å². The zero-order valence-corrected chi connectivity index (χ0v) is 10.7. The Kier molecular flexibility index (Phi) is 4.82. The zero-order valence-electron chi connectivity index (χ0n) is 10.7. The van der Waals surface area contributed by atoms with Crippen molar-refractivity contribution in [2.24, 2.45) is 0 Å². The molecule has 0 radical (unpaired) electrons. The summed E-state index contributed by atoms with van der Waals surface area (Å²) in [6.07, 6.45) is 0.555. The van der Waals surface area contributed by atoms with Crippen LogP contribution in [0.2, 0.25) is 0 Å². The largest absolute Gasteiger partial charge is 0.315 e. The molecule has 0 bridgehead atoms. The Morgan fingerprint density at radius 1 is 1.29 bits per heavy atom. The number of ketones is 1. The Bertz CT molecular complexity index is 370. The second kappa shape index (κ2) is 5.92. The van der Waals surface area contributed by atoms with Gasteiger partial charge in [0.1, 0.15) is 11.6 Å². The third kappa shape index (κ3) is 4.65. The van der Waals surface area contributed by atoms with Crippen LogP contribution in [0.15, 0.2) is 24.3 Å². The first-order valence-corrected chi connectivity index (χ1v) is 5.88. The first kappa shape index (κ1) is 13.8. The van der Waals surface area contributed by atoms with Crippen LogP contribution < -0.4 is 5.32 Å². The maximum Gasteiger partial charge on any atom is 0.131 e. The predicted molar refractivity (Wildman–Crippen MR) is 67.6 cm³/mol. The first-order chi connectivity index (χ1) is 7.92. The van der Waals surface area contributed by atoms with Crippen LogP contribution in [0.1, 0.15) is 32.8 Å². The summed E-state index contributed by atoms with van der Waals surface area (Å²) in [5, 5.41) is 3.26. The standard InChI is InChI=1S/C14H20FNO/c1-11(17)8-9-16-10-14(2,3)12-4-6-13(15)7-5-12/h4-7,16H,8-10H2,1-3H3. The molecule has 0 saturated carbocycles. The summed E-state index contributed by atoms with van der Waals surface area (Å²) in [6, 6.07) is 6.57. The van der Waals surface area contributed by atoms with Crippen LogP contribution >= 0.6 is 0 Å². The second-order valence-corrected chi connectivity index (χ2v) is 5.02. The van der Waals surface area contributed by atoms with E-state index >= 15 is 0 Å². The van der Waals surface area contributed by atoms with E-state index in [2.05, 4.69) is 19.2 Å². The lowest BCUT2D eigenvalue weighted by Crippen LogP contribution is -2.33. The van der Waals surface area contributed by atoms with Gasteiger partial charge in [-0.3, -0.25) is 4.79 Å². The van der Waals surface area contributed by atoms with Gasteiger partial charge in [0.25, 0.3) is 0 Å². The van der Waals surface area contributed by atoms with Gasteiger partial charge < -0.3 is 5.32 Å². The fraction of sp³-hybridized carbons (Fsp3) is 0.500. The van der Waals surface area contributed by atoms with E-state index in [1.807, 2.05) is 12.1 Å². The van der Waals surface area contributed by atoms with E-state index in [1.165, 1.54) is 12.1 Å². The van der Waals surface area contributed by atoms with Gasteiger partial charge in [0, 0.05) is 24.9 Å². The molecule has 0 spiro atoms. The Labute approximate surface area is 102 Å². The SMILES string of the molecule is CC(=O)CCNCC(C)(C)c1ccc(F)cc1. The molecule has 0 aliphatic carbocycles. The maximum absolute atomic E-state index is 12.8. The highest BCUT2D eigenvalue weighted by Gasteiger charge is 2.19. The summed E-state index contributed by atoms with van der Waals surface area (Å²) in [5.74, 6) is -0.0221. The molecule has 0 amide bonds. The van der Waals surface area contributed by atoms with Crippen LogP contribution in [0.25, 0.3) is 0 Å². The average molecular weight is 237 g/mol. The molecule has 0 fully saturated rings. The van der Waals surface area contributed by atoms with E-state index < -0.39 is 0 Å². The number of halogens is 1. The lowest BCUT2D eigenvalue weighted by Gasteiger charge is -2.25. The van der Waals surface area contributed by atoms with E-state index in [0.717, 1.165) is 12.1 Å². The van der Waals surface area contributed by atoms with Crippen molar-refractivity contribution in [3.05, 3.63) is 35.6 Å². The summed E-state index contributed by atoms with van der Waals surface area (Å²) < 4.78 is 12.8. The van der Waals surface area contributed by atoms with Gasteiger partial charge in [-0.05, 0) is 24.6 Å². The molecule has 1 N–H and O–H groups in total. The summed E-state index contributed by atoms with van der Waals surface area (Å²) in [4.78, 5) is 10.8. The average Bonchev–Trinajstić information content (AvgIpc) is 2.25. The third-order valence-electron chi connectivity index (χ3n) is 2.85. The fourth-order valence-corrected chi connectivity index (χ4v) is 1.67. The number of hydrogen-bond acceptors (Lipinski definition) is 2. The topological polar surface area (TPSA) is 29.1 Å². The van der Waals surface area contributed by atoms with Gasteiger partial charge >= 0.3 is 0 Å². The number of rotatable bonds is 6. The molecule has 0 heterocycles. The molecule has 0 saturated heterocycles. The Balaban J connectivity index is 2.50. The van der Waals surface area contributed by atoms with Gasteiger partial charge in [-0.15, -0.1) is 0 Å². The third-order valence-corrected chi connectivity index (χ3v) is 2.85. The van der Waals surface area contributed by atoms with Gasteiger partial charge in [-0.2, -0.15) is 0 Å². The van der Waals surface area contributed by atoms with Gasteiger partial charge in [0.05, 0.1) is 0 Å². The molecule has 0 aliphatic rings. The Morgan fingerprint density at radius 3 is 2.41 bits per heavy atom. The monoisotopic (exact) mass is 237 g/mol. The zero-order chi connectivity index (χ0) is 12.9. The van der Waals surface area contributed by atoms with Crippen molar-refractivity contribution in [1.82, 2.24) is 5.32 Å². The second-order valence-electron chi connectivity index (χ2n) is 5.02.